The molecule has 2 fully saturated rings. The Bertz CT molecular complexity index is 597. The standard InChI is InChI=1S/C17H21ClN2O2S/c1-12-6-8-17(9-7-12)15(21)20(16(22)19-17)10-11-23-14-4-2-13(18)3-5-14/h2-5,12H,6-11H2,1H3,(H,19,22). The summed E-state index contributed by atoms with van der Waals surface area (Å²) in [5.74, 6) is 1.29. The van der Waals surface area contributed by atoms with Crippen LogP contribution in [0.5, 0.6) is 0 Å². The molecule has 1 aliphatic carbocycles. The summed E-state index contributed by atoms with van der Waals surface area (Å²) in [6.45, 7) is 2.64. The molecule has 1 aliphatic heterocycles. The van der Waals surface area contributed by atoms with E-state index < -0.39 is 5.54 Å². The molecule has 124 valence electrons. The number of nitrogens with one attached hydrogen (secondary N) is 1. The molecule has 0 atom stereocenters. The van der Waals surface area contributed by atoms with Crippen LogP contribution in [0.25, 0.3) is 0 Å². The van der Waals surface area contributed by atoms with Crippen LogP contribution in [0.15, 0.2) is 29.2 Å². The van der Waals surface area contributed by atoms with E-state index in [9.17, 15) is 9.59 Å². The van der Waals surface area contributed by atoms with Crippen LogP contribution in [-0.2, 0) is 4.79 Å². The topological polar surface area (TPSA) is 49.4 Å². The molecular formula is C17H21ClN2O2S. The average Bonchev–Trinajstić information content (AvgIpc) is 2.76. The number of thioether (sulfide) groups is 1. The van der Waals surface area contributed by atoms with Gasteiger partial charge in [-0.15, -0.1) is 11.8 Å². The zero-order chi connectivity index (χ0) is 16.4. The van der Waals surface area contributed by atoms with Gasteiger partial charge in [-0.2, -0.15) is 0 Å². The molecule has 0 aromatic heterocycles. The fourth-order valence-electron chi connectivity index (χ4n) is 3.26. The predicted molar refractivity (Wildman–Crippen MR) is 92.8 cm³/mol. The van der Waals surface area contributed by atoms with Crippen molar-refractivity contribution in [2.24, 2.45) is 5.92 Å². The Morgan fingerprint density at radius 1 is 1.26 bits per heavy atom. The lowest BCUT2D eigenvalue weighted by Crippen LogP contribution is -2.49. The third kappa shape index (κ3) is 3.50. The molecule has 3 amide bonds. The summed E-state index contributed by atoms with van der Waals surface area (Å²) in [6, 6.07) is 7.35. The van der Waals surface area contributed by atoms with Gasteiger partial charge in [0.15, 0.2) is 0 Å². The highest BCUT2D eigenvalue weighted by Gasteiger charge is 2.51. The zero-order valence-electron chi connectivity index (χ0n) is 13.2. The second-order valence-electron chi connectivity index (χ2n) is 6.45. The molecule has 1 saturated carbocycles. The number of halogens is 1. The van der Waals surface area contributed by atoms with Crippen LogP contribution >= 0.6 is 23.4 Å². The lowest BCUT2D eigenvalue weighted by atomic mass is 9.77. The molecule has 0 bridgehead atoms. The molecule has 1 spiro atoms. The van der Waals surface area contributed by atoms with Gasteiger partial charge in [0.05, 0.1) is 0 Å². The third-order valence-electron chi connectivity index (χ3n) is 4.77. The Hall–Kier alpha value is -1.20. The normalized spacial score (nSPS) is 27.6. The maximum absolute atomic E-state index is 12.7. The van der Waals surface area contributed by atoms with Crippen molar-refractivity contribution in [3.8, 4) is 0 Å². The average molecular weight is 353 g/mol. The number of nitrogens with zero attached hydrogens (tertiary/aromatic N) is 1. The van der Waals surface area contributed by atoms with Crippen molar-refractivity contribution in [3.05, 3.63) is 29.3 Å². The molecule has 1 saturated heterocycles. The van der Waals surface area contributed by atoms with E-state index in [0.717, 1.165) is 30.6 Å². The molecule has 1 heterocycles. The third-order valence-corrected chi connectivity index (χ3v) is 6.02. The van der Waals surface area contributed by atoms with Gasteiger partial charge < -0.3 is 5.32 Å². The minimum absolute atomic E-state index is 0.0360. The van der Waals surface area contributed by atoms with E-state index >= 15 is 0 Å². The maximum atomic E-state index is 12.7. The highest BCUT2D eigenvalue weighted by atomic mass is 35.5. The van der Waals surface area contributed by atoms with Gasteiger partial charge in [-0.05, 0) is 55.9 Å². The fourth-order valence-corrected chi connectivity index (χ4v) is 4.22. The first-order chi connectivity index (χ1) is 11.0. The van der Waals surface area contributed by atoms with E-state index in [0.29, 0.717) is 23.2 Å². The molecule has 0 unspecified atom stereocenters. The van der Waals surface area contributed by atoms with Crippen molar-refractivity contribution in [1.82, 2.24) is 10.2 Å². The van der Waals surface area contributed by atoms with Crippen molar-refractivity contribution in [2.45, 2.75) is 43.0 Å². The summed E-state index contributed by atoms with van der Waals surface area (Å²) in [7, 11) is 0. The van der Waals surface area contributed by atoms with E-state index in [1.54, 1.807) is 11.8 Å². The molecular weight excluding hydrogens is 332 g/mol. The first-order valence-corrected chi connectivity index (χ1v) is 9.39. The molecule has 2 aliphatic rings. The Morgan fingerprint density at radius 3 is 2.57 bits per heavy atom. The number of hydrogen-bond acceptors (Lipinski definition) is 3. The zero-order valence-corrected chi connectivity index (χ0v) is 14.8. The summed E-state index contributed by atoms with van der Waals surface area (Å²) in [6.07, 6.45) is 3.53. The summed E-state index contributed by atoms with van der Waals surface area (Å²) in [5, 5.41) is 3.66. The van der Waals surface area contributed by atoms with Crippen LogP contribution in [0.4, 0.5) is 4.79 Å². The van der Waals surface area contributed by atoms with Crippen LogP contribution in [-0.4, -0.2) is 34.7 Å². The highest BCUT2D eigenvalue weighted by molar-refractivity contribution is 7.99. The molecule has 3 rings (SSSR count). The smallest absolute Gasteiger partial charge is 0.323 e. The highest BCUT2D eigenvalue weighted by Crippen LogP contribution is 2.36. The van der Waals surface area contributed by atoms with E-state index in [-0.39, 0.29) is 11.9 Å². The summed E-state index contributed by atoms with van der Waals surface area (Å²) in [5.41, 5.74) is -0.630. The van der Waals surface area contributed by atoms with Gasteiger partial charge in [0.2, 0.25) is 0 Å². The Balaban J connectivity index is 1.57. The first kappa shape index (κ1) is 16.7. The van der Waals surface area contributed by atoms with Crippen molar-refractivity contribution >= 4 is 35.3 Å². The van der Waals surface area contributed by atoms with Gasteiger partial charge in [0.1, 0.15) is 5.54 Å². The van der Waals surface area contributed by atoms with Crippen molar-refractivity contribution in [3.63, 3.8) is 0 Å². The van der Waals surface area contributed by atoms with E-state index in [2.05, 4.69) is 12.2 Å². The Kier molecular flexibility index (Phi) is 4.87. The summed E-state index contributed by atoms with van der Waals surface area (Å²) in [4.78, 5) is 27.4. The maximum Gasteiger partial charge on any atom is 0.325 e. The van der Waals surface area contributed by atoms with Crippen LogP contribution < -0.4 is 5.32 Å². The molecule has 23 heavy (non-hydrogen) atoms. The van der Waals surface area contributed by atoms with Gasteiger partial charge in [-0.3, -0.25) is 9.69 Å². The first-order valence-electron chi connectivity index (χ1n) is 8.03. The second kappa shape index (κ2) is 6.73. The monoisotopic (exact) mass is 352 g/mol. The Morgan fingerprint density at radius 2 is 1.91 bits per heavy atom. The molecule has 1 N–H and O–H groups in total. The van der Waals surface area contributed by atoms with E-state index in [4.69, 9.17) is 11.6 Å². The minimum Gasteiger partial charge on any atom is -0.323 e. The number of urea groups is 1. The molecule has 1 aromatic carbocycles. The van der Waals surface area contributed by atoms with E-state index in [1.807, 2.05) is 24.3 Å². The fraction of sp³-hybridized carbons (Fsp3) is 0.529. The number of hydrogen-bond donors (Lipinski definition) is 1. The van der Waals surface area contributed by atoms with Gasteiger partial charge >= 0.3 is 6.03 Å². The molecule has 6 heteroatoms. The van der Waals surface area contributed by atoms with Gasteiger partial charge in [0.25, 0.3) is 5.91 Å². The minimum atomic E-state index is -0.630. The summed E-state index contributed by atoms with van der Waals surface area (Å²) < 4.78 is 0. The van der Waals surface area contributed by atoms with Gasteiger partial charge in [-0.1, -0.05) is 18.5 Å². The molecule has 0 radical (unpaired) electrons. The van der Waals surface area contributed by atoms with Crippen LogP contribution in [0.2, 0.25) is 5.02 Å². The van der Waals surface area contributed by atoms with Crippen LogP contribution in [0.1, 0.15) is 32.6 Å². The van der Waals surface area contributed by atoms with Crippen molar-refractivity contribution in [2.75, 3.05) is 12.3 Å². The summed E-state index contributed by atoms with van der Waals surface area (Å²) >= 11 is 7.49. The van der Waals surface area contributed by atoms with Crippen LogP contribution in [0.3, 0.4) is 0 Å². The molecule has 1 aromatic rings. The quantitative estimate of drug-likeness (QED) is 0.659. The second-order valence-corrected chi connectivity index (χ2v) is 8.06. The number of carbonyl (C=O) groups excluding carboxylic acids is 2. The largest absolute Gasteiger partial charge is 0.325 e. The predicted octanol–water partition coefficient (Wildman–Crippen LogP) is 3.93. The number of rotatable bonds is 4. The van der Waals surface area contributed by atoms with Crippen molar-refractivity contribution < 1.29 is 9.59 Å². The van der Waals surface area contributed by atoms with Gasteiger partial charge in [0, 0.05) is 22.2 Å². The molecule has 4 nitrogen and oxygen atoms in total. The van der Waals surface area contributed by atoms with E-state index in [1.165, 1.54) is 4.90 Å². The van der Waals surface area contributed by atoms with Crippen LogP contribution in [0, 0.1) is 5.92 Å². The Labute approximate surface area is 145 Å². The lowest BCUT2D eigenvalue weighted by molar-refractivity contribution is -0.132. The number of amides is 3. The lowest BCUT2D eigenvalue weighted by Gasteiger charge is -2.33. The number of imide groups is 1. The number of benzene rings is 1. The van der Waals surface area contributed by atoms with Gasteiger partial charge in [-0.25, -0.2) is 4.79 Å². The van der Waals surface area contributed by atoms with Crippen molar-refractivity contribution in [1.29, 1.82) is 0 Å². The SMILES string of the molecule is CC1CCC2(CC1)NC(=O)N(CCSc1ccc(Cl)cc1)C2=O. The number of carbonyl (C=O) groups is 2.